The molecule has 190 valence electrons. The van der Waals surface area contributed by atoms with Crippen molar-refractivity contribution < 1.29 is 19.3 Å². The normalized spacial score (nSPS) is 24.8. The van der Waals surface area contributed by atoms with E-state index in [-0.39, 0.29) is 24.4 Å². The number of likely N-dealkylation sites (tertiary alicyclic amines) is 1. The van der Waals surface area contributed by atoms with Crippen LogP contribution in [0.1, 0.15) is 62.1 Å². The first-order chi connectivity index (χ1) is 17.2. The molecule has 0 spiro atoms. The summed E-state index contributed by atoms with van der Waals surface area (Å²) in [6.07, 6.45) is 0.395. The lowest BCUT2D eigenvalue weighted by Gasteiger charge is -2.29. The van der Waals surface area contributed by atoms with E-state index < -0.39 is 17.6 Å². The van der Waals surface area contributed by atoms with E-state index in [2.05, 4.69) is 52.9 Å². The number of carbonyl (C=O) groups excluding carboxylic acids is 1. The molecule has 0 saturated carbocycles. The second kappa shape index (κ2) is 9.48. The number of oxime groups is 1. The van der Waals surface area contributed by atoms with Gasteiger partial charge in [0.05, 0.1) is 23.6 Å². The second-order valence-electron chi connectivity index (χ2n) is 10.6. The van der Waals surface area contributed by atoms with Crippen LogP contribution in [0.5, 0.6) is 0 Å². The zero-order valence-electron chi connectivity index (χ0n) is 21.4. The standard InChI is InChI=1S/C28H33N3O4S/c1-16(2)25(24-12-18(4)29-34-24)27(33)31-15-21(32)13-23(31)22-14-28(5,35-30-22)20-8-6-19(7-9-20)26-17(3)10-11-36-26/h6-12,16,21,23,25,32H,13-15H2,1-5H3/t21-,23+,25+,28-/m1/s1. The van der Waals surface area contributed by atoms with Gasteiger partial charge in [0.15, 0.2) is 5.60 Å². The Morgan fingerprint density at radius 1 is 1.22 bits per heavy atom. The van der Waals surface area contributed by atoms with Crippen LogP contribution in [-0.4, -0.2) is 45.5 Å². The summed E-state index contributed by atoms with van der Waals surface area (Å²) < 4.78 is 5.48. The largest absolute Gasteiger partial charge is 0.391 e. The maximum absolute atomic E-state index is 13.8. The van der Waals surface area contributed by atoms with Crippen molar-refractivity contribution in [1.82, 2.24) is 10.1 Å². The number of rotatable bonds is 6. The van der Waals surface area contributed by atoms with Gasteiger partial charge in [-0.05, 0) is 54.8 Å². The topological polar surface area (TPSA) is 88.2 Å². The zero-order chi connectivity index (χ0) is 25.6. The maximum Gasteiger partial charge on any atom is 0.234 e. The fraction of sp³-hybridized carbons (Fsp3) is 0.464. The number of hydrogen-bond acceptors (Lipinski definition) is 7. The van der Waals surface area contributed by atoms with E-state index in [9.17, 15) is 9.90 Å². The number of aliphatic hydroxyl groups excluding tert-OH is 1. The summed E-state index contributed by atoms with van der Waals surface area (Å²) in [5.74, 6) is 0.0279. The Morgan fingerprint density at radius 3 is 2.58 bits per heavy atom. The average Bonchev–Trinajstić information content (AvgIpc) is 3.62. The molecule has 7 nitrogen and oxygen atoms in total. The molecule has 2 aromatic heterocycles. The van der Waals surface area contributed by atoms with Crippen molar-refractivity contribution in [2.24, 2.45) is 11.1 Å². The van der Waals surface area contributed by atoms with Gasteiger partial charge in [-0.3, -0.25) is 4.79 Å². The SMILES string of the molecule is Cc1cc([C@@H](C(=O)N2C[C@H](O)C[C@H]2C2=NO[C@@](C)(c3ccc(-c4sccc4C)cc3)C2)C(C)C)on1. The highest BCUT2D eigenvalue weighted by Crippen LogP contribution is 2.40. The van der Waals surface area contributed by atoms with Gasteiger partial charge in [0.25, 0.3) is 0 Å². The molecule has 1 aromatic carbocycles. The smallest absolute Gasteiger partial charge is 0.234 e. The van der Waals surface area contributed by atoms with Crippen molar-refractivity contribution in [1.29, 1.82) is 0 Å². The monoisotopic (exact) mass is 507 g/mol. The first-order valence-electron chi connectivity index (χ1n) is 12.5. The first kappa shape index (κ1) is 24.7. The summed E-state index contributed by atoms with van der Waals surface area (Å²) in [5, 5.41) is 21.1. The Labute approximate surface area is 215 Å². The lowest BCUT2D eigenvalue weighted by molar-refractivity contribution is -0.134. The van der Waals surface area contributed by atoms with E-state index in [1.54, 1.807) is 16.2 Å². The molecular formula is C28H33N3O4S. The molecule has 2 aliphatic rings. The molecule has 4 atom stereocenters. The van der Waals surface area contributed by atoms with Crippen LogP contribution in [0.3, 0.4) is 0 Å². The molecule has 36 heavy (non-hydrogen) atoms. The van der Waals surface area contributed by atoms with E-state index in [1.165, 1.54) is 16.0 Å². The van der Waals surface area contributed by atoms with Crippen molar-refractivity contribution >= 4 is 23.0 Å². The van der Waals surface area contributed by atoms with Gasteiger partial charge >= 0.3 is 0 Å². The molecule has 2 aliphatic heterocycles. The Hall–Kier alpha value is -2.97. The summed E-state index contributed by atoms with van der Waals surface area (Å²) >= 11 is 1.74. The third-order valence-corrected chi connectivity index (χ3v) is 8.40. The number of aromatic nitrogens is 1. The van der Waals surface area contributed by atoms with Gasteiger partial charge in [-0.1, -0.05) is 48.4 Å². The lowest BCUT2D eigenvalue weighted by atomic mass is 9.87. The molecule has 0 radical (unpaired) electrons. The zero-order valence-corrected chi connectivity index (χ0v) is 22.2. The summed E-state index contributed by atoms with van der Waals surface area (Å²) in [5.41, 5.74) is 4.40. The van der Waals surface area contributed by atoms with Crippen LogP contribution in [0.4, 0.5) is 0 Å². The first-order valence-corrected chi connectivity index (χ1v) is 13.4. The van der Waals surface area contributed by atoms with Crippen molar-refractivity contribution in [3.8, 4) is 10.4 Å². The molecule has 1 N–H and O–H groups in total. The van der Waals surface area contributed by atoms with Crippen LogP contribution in [0.25, 0.3) is 10.4 Å². The number of carbonyl (C=O) groups is 1. The number of amides is 1. The Balaban J connectivity index is 1.35. The summed E-state index contributed by atoms with van der Waals surface area (Å²) in [4.78, 5) is 22.8. The molecule has 0 bridgehead atoms. The fourth-order valence-electron chi connectivity index (χ4n) is 5.36. The average molecular weight is 508 g/mol. The van der Waals surface area contributed by atoms with E-state index in [4.69, 9.17) is 9.36 Å². The quantitative estimate of drug-likeness (QED) is 0.482. The Morgan fingerprint density at radius 2 is 1.97 bits per heavy atom. The van der Waals surface area contributed by atoms with Gasteiger partial charge in [-0.25, -0.2) is 0 Å². The van der Waals surface area contributed by atoms with Gasteiger partial charge in [0.1, 0.15) is 11.7 Å². The van der Waals surface area contributed by atoms with Crippen LogP contribution < -0.4 is 0 Å². The van der Waals surface area contributed by atoms with E-state index in [0.717, 1.165) is 17.0 Å². The number of aryl methyl sites for hydroxylation is 2. The minimum atomic E-state index is -0.625. The van der Waals surface area contributed by atoms with Crippen LogP contribution in [0.2, 0.25) is 0 Å². The number of nitrogens with zero attached hydrogens (tertiary/aromatic N) is 3. The van der Waals surface area contributed by atoms with Gasteiger partial charge in [-0.2, -0.15) is 0 Å². The van der Waals surface area contributed by atoms with Crippen molar-refractivity contribution in [3.63, 3.8) is 0 Å². The number of hydrogen-bond donors (Lipinski definition) is 1. The predicted molar refractivity (Wildman–Crippen MR) is 140 cm³/mol. The summed E-state index contributed by atoms with van der Waals surface area (Å²) in [6.45, 7) is 10.3. The molecule has 5 rings (SSSR count). The summed E-state index contributed by atoms with van der Waals surface area (Å²) in [7, 11) is 0. The molecule has 0 unspecified atom stereocenters. The number of benzene rings is 1. The number of β-amino-alcohol motifs (C(OH)–C–C–N with tert-alkyl or cyclic N) is 1. The Bertz CT molecular complexity index is 1280. The predicted octanol–water partition coefficient (Wildman–Crippen LogP) is 5.41. The molecule has 1 amide bonds. The van der Waals surface area contributed by atoms with Crippen LogP contribution in [0.15, 0.2) is 51.5 Å². The van der Waals surface area contributed by atoms with Crippen molar-refractivity contribution in [3.05, 3.63) is 64.4 Å². The molecule has 0 aliphatic carbocycles. The molecule has 4 heterocycles. The minimum absolute atomic E-state index is 0.0146. The maximum atomic E-state index is 13.8. The van der Waals surface area contributed by atoms with E-state index in [0.29, 0.717) is 18.6 Å². The van der Waals surface area contributed by atoms with Crippen molar-refractivity contribution in [2.75, 3.05) is 6.54 Å². The third-order valence-electron chi connectivity index (χ3n) is 7.33. The van der Waals surface area contributed by atoms with Crippen molar-refractivity contribution in [2.45, 2.75) is 71.1 Å². The van der Waals surface area contributed by atoms with Gasteiger partial charge < -0.3 is 19.4 Å². The molecule has 1 saturated heterocycles. The highest BCUT2D eigenvalue weighted by Gasteiger charge is 2.46. The number of thiophene rings is 1. The van der Waals surface area contributed by atoms with E-state index in [1.807, 2.05) is 33.8 Å². The van der Waals surface area contributed by atoms with Crippen LogP contribution in [-0.2, 0) is 15.2 Å². The molecule has 1 fully saturated rings. The van der Waals surface area contributed by atoms with Crippen LogP contribution >= 0.6 is 11.3 Å². The van der Waals surface area contributed by atoms with Gasteiger partial charge in [0.2, 0.25) is 5.91 Å². The Kier molecular flexibility index (Phi) is 6.51. The summed E-state index contributed by atoms with van der Waals surface area (Å²) in [6, 6.07) is 12.1. The second-order valence-corrected chi connectivity index (χ2v) is 11.5. The third kappa shape index (κ3) is 4.48. The highest BCUT2D eigenvalue weighted by atomic mass is 32.1. The fourth-order valence-corrected chi connectivity index (χ4v) is 6.30. The molecule has 3 aromatic rings. The molecular weight excluding hydrogens is 474 g/mol. The van der Waals surface area contributed by atoms with Gasteiger partial charge in [-0.15, -0.1) is 11.3 Å². The highest BCUT2D eigenvalue weighted by molar-refractivity contribution is 7.13. The van der Waals surface area contributed by atoms with Crippen LogP contribution in [0, 0.1) is 19.8 Å². The van der Waals surface area contributed by atoms with E-state index >= 15 is 0 Å². The minimum Gasteiger partial charge on any atom is -0.391 e. The molecule has 8 heteroatoms. The lowest BCUT2D eigenvalue weighted by Crippen LogP contribution is -2.44. The van der Waals surface area contributed by atoms with Gasteiger partial charge in [0, 0.05) is 30.3 Å². The number of aliphatic hydroxyl groups is 1.